The molecule has 2 rings (SSSR count). The maximum Gasteiger partial charge on any atom is 0.191 e. The van der Waals surface area contributed by atoms with Crippen LogP contribution >= 0.6 is 0 Å². The van der Waals surface area contributed by atoms with E-state index in [1.165, 1.54) is 31.7 Å². The van der Waals surface area contributed by atoms with Gasteiger partial charge in [-0.05, 0) is 31.9 Å². The minimum atomic E-state index is -0.335. The van der Waals surface area contributed by atoms with Crippen LogP contribution in [0, 0.1) is 5.82 Å². The maximum absolute atomic E-state index is 13.5. The maximum atomic E-state index is 13.5. The standard InChI is InChI=1S/C16H24FN3O/c1-12(21-15-10-6-5-9-14(15)17)11-19-16(18-2)20-13-7-3-4-8-13/h5-6,9-10,12-13H,3-4,7-8,11H2,1-2H3,(H2,18,19,20). The van der Waals surface area contributed by atoms with E-state index >= 15 is 0 Å². The Bertz CT molecular complexity index is 472. The Hall–Kier alpha value is -1.78. The second-order valence-electron chi connectivity index (χ2n) is 5.44. The van der Waals surface area contributed by atoms with E-state index in [-0.39, 0.29) is 17.7 Å². The lowest BCUT2D eigenvalue weighted by Crippen LogP contribution is -2.45. The van der Waals surface area contributed by atoms with Crippen LogP contribution in [0.3, 0.4) is 0 Å². The van der Waals surface area contributed by atoms with Gasteiger partial charge in [0.1, 0.15) is 6.10 Å². The second kappa shape index (κ2) is 7.86. The molecule has 5 heteroatoms. The first-order chi connectivity index (χ1) is 10.2. The van der Waals surface area contributed by atoms with Crippen molar-refractivity contribution in [2.45, 2.75) is 44.8 Å². The summed E-state index contributed by atoms with van der Waals surface area (Å²) in [6.45, 7) is 2.48. The summed E-state index contributed by atoms with van der Waals surface area (Å²) in [4.78, 5) is 4.21. The molecular weight excluding hydrogens is 269 g/mol. The van der Waals surface area contributed by atoms with Gasteiger partial charge >= 0.3 is 0 Å². The molecule has 1 aromatic carbocycles. The number of rotatable bonds is 5. The van der Waals surface area contributed by atoms with Gasteiger partial charge in [-0.15, -0.1) is 0 Å². The molecule has 0 bridgehead atoms. The summed E-state index contributed by atoms with van der Waals surface area (Å²) in [6.07, 6.45) is 4.80. The van der Waals surface area contributed by atoms with Crippen LogP contribution in [0.4, 0.5) is 4.39 Å². The van der Waals surface area contributed by atoms with E-state index in [0.29, 0.717) is 12.6 Å². The highest BCUT2D eigenvalue weighted by Gasteiger charge is 2.16. The van der Waals surface area contributed by atoms with E-state index in [9.17, 15) is 4.39 Å². The number of para-hydroxylation sites is 1. The van der Waals surface area contributed by atoms with Crippen LogP contribution in [0.2, 0.25) is 0 Å². The lowest BCUT2D eigenvalue weighted by Gasteiger charge is -2.20. The van der Waals surface area contributed by atoms with Gasteiger partial charge in [0.05, 0.1) is 6.54 Å². The summed E-state index contributed by atoms with van der Waals surface area (Å²) < 4.78 is 19.1. The van der Waals surface area contributed by atoms with Gasteiger partial charge in [0.25, 0.3) is 0 Å². The Kier molecular flexibility index (Phi) is 5.84. The van der Waals surface area contributed by atoms with Crippen molar-refractivity contribution in [1.82, 2.24) is 10.6 Å². The van der Waals surface area contributed by atoms with Gasteiger partial charge in [-0.2, -0.15) is 0 Å². The molecule has 0 saturated heterocycles. The summed E-state index contributed by atoms with van der Waals surface area (Å²) in [5.41, 5.74) is 0. The van der Waals surface area contributed by atoms with E-state index in [2.05, 4.69) is 15.6 Å². The lowest BCUT2D eigenvalue weighted by molar-refractivity contribution is 0.214. The van der Waals surface area contributed by atoms with E-state index < -0.39 is 0 Å². The summed E-state index contributed by atoms with van der Waals surface area (Å²) >= 11 is 0. The predicted molar refractivity (Wildman–Crippen MR) is 83.2 cm³/mol. The molecule has 0 spiro atoms. The van der Waals surface area contributed by atoms with Crippen LogP contribution < -0.4 is 15.4 Å². The molecule has 1 aliphatic rings. The zero-order valence-electron chi connectivity index (χ0n) is 12.7. The molecule has 0 aromatic heterocycles. The Morgan fingerprint density at radius 3 is 2.76 bits per heavy atom. The molecule has 0 aliphatic heterocycles. The first kappa shape index (κ1) is 15.6. The predicted octanol–water partition coefficient (Wildman–Crippen LogP) is 2.70. The molecule has 1 atom stereocenters. The highest BCUT2D eigenvalue weighted by atomic mass is 19.1. The van der Waals surface area contributed by atoms with E-state index in [4.69, 9.17) is 4.74 Å². The third-order valence-electron chi connectivity index (χ3n) is 3.64. The monoisotopic (exact) mass is 293 g/mol. The fourth-order valence-corrected chi connectivity index (χ4v) is 2.50. The number of aliphatic imine (C=N–C) groups is 1. The van der Waals surface area contributed by atoms with Crippen molar-refractivity contribution in [1.29, 1.82) is 0 Å². The van der Waals surface area contributed by atoms with Crippen molar-refractivity contribution in [2.24, 2.45) is 4.99 Å². The number of nitrogens with one attached hydrogen (secondary N) is 2. The van der Waals surface area contributed by atoms with Gasteiger partial charge in [-0.1, -0.05) is 25.0 Å². The topological polar surface area (TPSA) is 45.7 Å². The second-order valence-corrected chi connectivity index (χ2v) is 5.44. The molecule has 21 heavy (non-hydrogen) atoms. The van der Waals surface area contributed by atoms with Crippen molar-refractivity contribution >= 4 is 5.96 Å². The van der Waals surface area contributed by atoms with Crippen LogP contribution in [-0.2, 0) is 0 Å². The van der Waals surface area contributed by atoms with Gasteiger partial charge in [0, 0.05) is 13.1 Å². The SMILES string of the molecule is CN=C(NCC(C)Oc1ccccc1F)NC1CCCC1. The van der Waals surface area contributed by atoms with E-state index in [1.807, 2.05) is 6.92 Å². The number of ether oxygens (including phenoxy) is 1. The molecule has 1 fully saturated rings. The smallest absolute Gasteiger partial charge is 0.191 e. The van der Waals surface area contributed by atoms with Crippen LogP contribution in [-0.4, -0.2) is 31.7 Å². The first-order valence-electron chi connectivity index (χ1n) is 7.57. The van der Waals surface area contributed by atoms with Gasteiger partial charge < -0.3 is 15.4 Å². The molecular formula is C16H24FN3O. The van der Waals surface area contributed by atoms with Crippen LogP contribution in [0.5, 0.6) is 5.75 Å². The van der Waals surface area contributed by atoms with Crippen LogP contribution in [0.25, 0.3) is 0 Å². The van der Waals surface area contributed by atoms with Crippen LogP contribution in [0.1, 0.15) is 32.6 Å². The van der Waals surface area contributed by atoms with Crippen molar-refractivity contribution in [3.63, 3.8) is 0 Å². The average Bonchev–Trinajstić information content (AvgIpc) is 2.99. The zero-order valence-corrected chi connectivity index (χ0v) is 12.7. The molecule has 0 amide bonds. The summed E-state index contributed by atoms with van der Waals surface area (Å²) in [5.74, 6) is 0.731. The number of halogens is 1. The van der Waals surface area contributed by atoms with Crippen LogP contribution in [0.15, 0.2) is 29.3 Å². The molecule has 1 aromatic rings. The third kappa shape index (κ3) is 4.92. The molecule has 116 valence electrons. The number of guanidine groups is 1. The number of hydrogen-bond donors (Lipinski definition) is 2. The Balaban J connectivity index is 1.77. The van der Waals surface area contributed by atoms with Crippen molar-refractivity contribution < 1.29 is 9.13 Å². The Morgan fingerprint density at radius 2 is 2.10 bits per heavy atom. The van der Waals surface area contributed by atoms with Gasteiger partial charge in [0.15, 0.2) is 17.5 Å². The molecule has 1 saturated carbocycles. The van der Waals surface area contributed by atoms with Crippen molar-refractivity contribution in [3.05, 3.63) is 30.1 Å². The Labute approximate surface area is 125 Å². The van der Waals surface area contributed by atoms with Gasteiger partial charge in [-0.3, -0.25) is 4.99 Å². The summed E-state index contributed by atoms with van der Waals surface area (Å²) in [5, 5.41) is 6.63. The van der Waals surface area contributed by atoms with Crippen molar-refractivity contribution in [3.8, 4) is 5.75 Å². The number of nitrogens with zero attached hydrogens (tertiary/aromatic N) is 1. The normalized spacial score (nSPS) is 17.6. The minimum Gasteiger partial charge on any atom is -0.486 e. The third-order valence-corrected chi connectivity index (χ3v) is 3.64. The van der Waals surface area contributed by atoms with E-state index in [1.54, 1.807) is 25.2 Å². The van der Waals surface area contributed by atoms with Crippen molar-refractivity contribution in [2.75, 3.05) is 13.6 Å². The molecule has 1 aliphatic carbocycles. The lowest BCUT2D eigenvalue weighted by atomic mass is 10.2. The van der Waals surface area contributed by atoms with Gasteiger partial charge in [0.2, 0.25) is 0 Å². The van der Waals surface area contributed by atoms with E-state index in [0.717, 1.165) is 5.96 Å². The minimum absolute atomic E-state index is 0.149. The van der Waals surface area contributed by atoms with Gasteiger partial charge in [-0.25, -0.2) is 4.39 Å². The Morgan fingerprint density at radius 1 is 1.38 bits per heavy atom. The highest BCUT2D eigenvalue weighted by molar-refractivity contribution is 5.80. The fraction of sp³-hybridized carbons (Fsp3) is 0.562. The molecule has 4 nitrogen and oxygen atoms in total. The summed E-state index contributed by atoms with van der Waals surface area (Å²) in [6, 6.07) is 6.96. The molecule has 2 N–H and O–H groups in total. The largest absolute Gasteiger partial charge is 0.486 e. The molecule has 0 radical (unpaired) electrons. The molecule has 0 heterocycles. The summed E-state index contributed by atoms with van der Waals surface area (Å²) in [7, 11) is 1.76. The first-order valence-corrected chi connectivity index (χ1v) is 7.57. The molecule has 1 unspecified atom stereocenters. The zero-order chi connectivity index (χ0) is 15.1. The number of hydrogen-bond acceptors (Lipinski definition) is 2. The fourth-order valence-electron chi connectivity index (χ4n) is 2.50. The average molecular weight is 293 g/mol. The quantitative estimate of drug-likeness (QED) is 0.648. The highest BCUT2D eigenvalue weighted by Crippen LogP contribution is 2.18. The number of benzene rings is 1.